The number of carbonyl (C=O) groups is 2. The molecule has 0 spiro atoms. The minimum atomic E-state index is -4.55. The number of benzodiazepines with no additional fused rings is 1. The number of halogens is 3. The molecule has 0 saturated heterocycles. The Labute approximate surface area is 187 Å². The van der Waals surface area contributed by atoms with Gasteiger partial charge in [-0.1, -0.05) is 54.6 Å². The quantitative estimate of drug-likeness (QED) is 0.606. The summed E-state index contributed by atoms with van der Waals surface area (Å²) < 4.78 is 38.9. The van der Waals surface area contributed by atoms with Crippen molar-refractivity contribution >= 4 is 29.0 Å². The number of amides is 3. The number of hydrogen-bond donors (Lipinski definition) is 2. The van der Waals surface area contributed by atoms with Crippen LogP contribution >= 0.6 is 0 Å². The first-order valence-electron chi connectivity index (χ1n) is 9.99. The molecule has 1 aliphatic rings. The van der Waals surface area contributed by atoms with Crippen molar-refractivity contribution in [2.24, 2.45) is 4.99 Å². The Balaban J connectivity index is 1.65. The van der Waals surface area contributed by atoms with Gasteiger partial charge in [-0.25, -0.2) is 9.79 Å². The van der Waals surface area contributed by atoms with Crippen LogP contribution in [0.4, 0.5) is 29.3 Å². The Kier molecular flexibility index (Phi) is 5.87. The van der Waals surface area contributed by atoms with Gasteiger partial charge in [-0.2, -0.15) is 13.2 Å². The molecule has 0 aliphatic carbocycles. The number of urea groups is 1. The summed E-state index contributed by atoms with van der Waals surface area (Å²) >= 11 is 0. The molecular formula is C24H19F3N4O2. The van der Waals surface area contributed by atoms with Crippen molar-refractivity contribution in [3.8, 4) is 0 Å². The average molecular weight is 452 g/mol. The number of nitrogens with one attached hydrogen (secondary N) is 2. The maximum atomic E-state index is 13.1. The largest absolute Gasteiger partial charge is 0.416 e. The van der Waals surface area contributed by atoms with Gasteiger partial charge in [-0.3, -0.25) is 4.79 Å². The van der Waals surface area contributed by atoms with Crippen molar-refractivity contribution in [1.82, 2.24) is 5.32 Å². The molecule has 0 unspecified atom stereocenters. The van der Waals surface area contributed by atoms with E-state index in [0.717, 1.165) is 17.7 Å². The van der Waals surface area contributed by atoms with Crippen LogP contribution in [0.2, 0.25) is 0 Å². The van der Waals surface area contributed by atoms with Crippen LogP contribution in [0.5, 0.6) is 0 Å². The highest BCUT2D eigenvalue weighted by molar-refractivity contribution is 6.20. The summed E-state index contributed by atoms with van der Waals surface area (Å²) in [4.78, 5) is 31.6. The first-order chi connectivity index (χ1) is 15.7. The van der Waals surface area contributed by atoms with E-state index in [1.54, 1.807) is 19.2 Å². The van der Waals surface area contributed by atoms with Crippen LogP contribution in [-0.2, 0) is 11.0 Å². The van der Waals surface area contributed by atoms with Gasteiger partial charge < -0.3 is 15.5 Å². The second kappa shape index (κ2) is 8.78. The Morgan fingerprint density at radius 2 is 1.67 bits per heavy atom. The van der Waals surface area contributed by atoms with Gasteiger partial charge >= 0.3 is 12.2 Å². The van der Waals surface area contributed by atoms with Crippen LogP contribution in [0.3, 0.4) is 0 Å². The van der Waals surface area contributed by atoms with Crippen LogP contribution in [0.15, 0.2) is 83.9 Å². The SMILES string of the molecule is CN1C(=O)[C@@H](NC(=O)Nc2cccc(C(F)(F)F)c2)N=C(c2ccccc2)c2ccccc21. The summed E-state index contributed by atoms with van der Waals surface area (Å²) in [6.07, 6.45) is -5.84. The van der Waals surface area contributed by atoms with E-state index in [9.17, 15) is 22.8 Å². The van der Waals surface area contributed by atoms with E-state index in [4.69, 9.17) is 0 Å². The molecule has 3 amide bonds. The fourth-order valence-corrected chi connectivity index (χ4v) is 3.51. The van der Waals surface area contributed by atoms with Gasteiger partial charge in [-0.05, 0) is 24.3 Å². The van der Waals surface area contributed by atoms with Gasteiger partial charge in [0.25, 0.3) is 5.91 Å². The minimum Gasteiger partial charge on any atom is -0.311 e. The van der Waals surface area contributed by atoms with Gasteiger partial charge in [0.05, 0.1) is 17.0 Å². The highest BCUT2D eigenvalue weighted by Crippen LogP contribution is 2.31. The summed E-state index contributed by atoms with van der Waals surface area (Å²) in [5.41, 5.74) is 1.62. The number of anilines is 2. The third-order valence-electron chi connectivity index (χ3n) is 5.11. The molecule has 9 heteroatoms. The predicted molar refractivity (Wildman–Crippen MR) is 119 cm³/mol. The number of hydrogen-bond acceptors (Lipinski definition) is 3. The van der Waals surface area contributed by atoms with Crippen LogP contribution in [0.1, 0.15) is 16.7 Å². The maximum absolute atomic E-state index is 13.1. The maximum Gasteiger partial charge on any atom is 0.416 e. The Hall–Kier alpha value is -4.14. The number of aliphatic imine (C=N–C) groups is 1. The monoisotopic (exact) mass is 452 g/mol. The fourth-order valence-electron chi connectivity index (χ4n) is 3.51. The number of carbonyl (C=O) groups excluding carboxylic acids is 2. The minimum absolute atomic E-state index is 0.0627. The fraction of sp³-hybridized carbons (Fsp3) is 0.125. The van der Waals surface area contributed by atoms with E-state index in [1.807, 2.05) is 42.5 Å². The lowest BCUT2D eigenvalue weighted by molar-refractivity contribution is -0.137. The third kappa shape index (κ3) is 4.72. The molecule has 168 valence electrons. The Morgan fingerprint density at radius 1 is 0.970 bits per heavy atom. The van der Waals surface area contributed by atoms with E-state index in [-0.39, 0.29) is 5.69 Å². The van der Waals surface area contributed by atoms with E-state index >= 15 is 0 Å². The first kappa shape index (κ1) is 22.1. The molecule has 0 bridgehead atoms. The van der Waals surface area contributed by atoms with Crippen molar-refractivity contribution < 1.29 is 22.8 Å². The Morgan fingerprint density at radius 3 is 2.39 bits per heavy atom. The normalized spacial score (nSPS) is 15.9. The summed E-state index contributed by atoms with van der Waals surface area (Å²) in [6, 6.07) is 19.8. The van der Waals surface area contributed by atoms with Crippen molar-refractivity contribution in [3.63, 3.8) is 0 Å². The van der Waals surface area contributed by atoms with Gasteiger partial charge in [-0.15, -0.1) is 0 Å². The van der Waals surface area contributed by atoms with Crippen LogP contribution in [0, 0.1) is 0 Å². The van der Waals surface area contributed by atoms with Crippen molar-refractivity contribution in [3.05, 3.63) is 95.6 Å². The molecule has 33 heavy (non-hydrogen) atoms. The number of alkyl halides is 3. The standard InChI is InChI=1S/C24H19F3N4O2/c1-31-19-13-6-5-12-18(19)20(15-8-3-2-4-9-15)29-21(22(31)32)30-23(33)28-17-11-7-10-16(14-17)24(25,26)27/h2-14,21H,1H3,(H2,28,30,33)/t21-/m1/s1. The lowest BCUT2D eigenvalue weighted by atomic mass is 10.0. The molecule has 3 aromatic carbocycles. The molecule has 1 atom stereocenters. The number of nitrogens with zero attached hydrogens (tertiary/aromatic N) is 2. The van der Waals surface area contributed by atoms with Crippen molar-refractivity contribution in [2.45, 2.75) is 12.3 Å². The molecular weight excluding hydrogens is 433 g/mol. The molecule has 6 nitrogen and oxygen atoms in total. The van der Waals surface area contributed by atoms with Crippen LogP contribution < -0.4 is 15.5 Å². The van der Waals surface area contributed by atoms with Crippen LogP contribution in [-0.4, -0.2) is 30.9 Å². The number of fused-ring (bicyclic) bond motifs is 1. The number of para-hydroxylation sites is 1. The average Bonchev–Trinajstić information content (AvgIpc) is 2.90. The van der Waals surface area contributed by atoms with Gasteiger partial charge in [0.1, 0.15) is 0 Å². The molecule has 3 aromatic rings. The zero-order chi connectivity index (χ0) is 23.6. The van der Waals surface area contributed by atoms with E-state index in [2.05, 4.69) is 15.6 Å². The highest BCUT2D eigenvalue weighted by Gasteiger charge is 2.32. The van der Waals surface area contributed by atoms with Crippen molar-refractivity contribution in [1.29, 1.82) is 0 Å². The summed E-state index contributed by atoms with van der Waals surface area (Å²) in [5, 5.41) is 4.81. The summed E-state index contributed by atoms with van der Waals surface area (Å²) in [7, 11) is 1.57. The molecule has 0 saturated carbocycles. The van der Waals surface area contributed by atoms with Gasteiger partial charge in [0.2, 0.25) is 6.17 Å². The number of rotatable bonds is 3. The molecule has 0 fully saturated rings. The van der Waals surface area contributed by atoms with Crippen molar-refractivity contribution in [2.75, 3.05) is 17.3 Å². The number of likely N-dealkylation sites (N-methyl/N-ethyl adjacent to an activating group) is 1. The molecule has 0 aromatic heterocycles. The molecule has 4 rings (SSSR count). The van der Waals surface area contributed by atoms with E-state index in [0.29, 0.717) is 17.0 Å². The van der Waals surface area contributed by atoms with Crippen LogP contribution in [0.25, 0.3) is 0 Å². The highest BCUT2D eigenvalue weighted by atomic mass is 19.4. The molecule has 2 N–H and O–H groups in total. The lowest BCUT2D eigenvalue weighted by Crippen LogP contribution is -2.47. The van der Waals surface area contributed by atoms with E-state index in [1.165, 1.54) is 17.0 Å². The van der Waals surface area contributed by atoms with E-state index < -0.39 is 29.8 Å². The summed E-state index contributed by atoms with van der Waals surface area (Å²) in [5.74, 6) is -0.493. The predicted octanol–water partition coefficient (Wildman–Crippen LogP) is 4.67. The molecule has 0 radical (unpaired) electrons. The molecule has 1 aliphatic heterocycles. The second-order valence-electron chi connectivity index (χ2n) is 7.34. The first-order valence-corrected chi connectivity index (χ1v) is 9.99. The number of benzene rings is 3. The zero-order valence-electron chi connectivity index (χ0n) is 17.4. The smallest absolute Gasteiger partial charge is 0.311 e. The molecule has 1 heterocycles. The topological polar surface area (TPSA) is 73.8 Å². The zero-order valence-corrected chi connectivity index (χ0v) is 17.4. The third-order valence-corrected chi connectivity index (χ3v) is 5.11. The van der Waals surface area contributed by atoms with Gasteiger partial charge in [0, 0.05) is 23.9 Å². The van der Waals surface area contributed by atoms with Gasteiger partial charge in [0.15, 0.2) is 0 Å². The second-order valence-corrected chi connectivity index (χ2v) is 7.34. The summed E-state index contributed by atoms with van der Waals surface area (Å²) in [6.45, 7) is 0. The lowest BCUT2D eigenvalue weighted by Gasteiger charge is -2.21. The Bertz CT molecular complexity index is 1230.